The third-order valence-electron chi connectivity index (χ3n) is 2.77. The molecule has 1 saturated heterocycles. The van der Waals surface area contributed by atoms with Gasteiger partial charge in [-0.05, 0) is 0 Å². The number of ether oxygens (including phenoxy) is 2. The van der Waals surface area contributed by atoms with E-state index in [4.69, 9.17) is 14.3 Å². The molecule has 1 aliphatic heterocycles. The van der Waals surface area contributed by atoms with Crippen molar-refractivity contribution in [3.8, 4) is 0 Å². The average molecular weight is 243 g/mol. The Kier molecular flexibility index (Phi) is 4.25. The van der Waals surface area contributed by atoms with Gasteiger partial charge in [-0.25, -0.2) is 0 Å². The van der Waals surface area contributed by atoms with Crippen molar-refractivity contribution in [1.82, 2.24) is 5.06 Å². The molecule has 0 aromatic carbocycles. The van der Waals surface area contributed by atoms with Crippen LogP contribution in [0.3, 0.4) is 0 Å². The summed E-state index contributed by atoms with van der Waals surface area (Å²) < 4.78 is 9.40. The zero-order valence-corrected chi connectivity index (χ0v) is 10.3. The number of esters is 2. The summed E-state index contributed by atoms with van der Waals surface area (Å²) in [5, 5.41) is 1.42. The van der Waals surface area contributed by atoms with E-state index in [1.165, 1.54) is 25.4 Å². The van der Waals surface area contributed by atoms with Gasteiger partial charge in [-0.3, -0.25) is 14.4 Å². The Labute approximate surface area is 100 Å². The average Bonchev–Trinajstić information content (AvgIpc) is 2.35. The second kappa shape index (κ2) is 5.29. The van der Waals surface area contributed by atoms with Crippen LogP contribution < -0.4 is 0 Å². The lowest BCUT2D eigenvalue weighted by Crippen LogP contribution is -2.55. The van der Waals surface area contributed by atoms with E-state index < -0.39 is 23.5 Å². The lowest BCUT2D eigenvalue weighted by atomic mass is 9.81. The predicted octanol–water partition coefficient (Wildman–Crippen LogP) is 0.140. The zero-order valence-electron chi connectivity index (χ0n) is 10.3. The van der Waals surface area contributed by atoms with Gasteiger partial charge in [0.05, 0.1) is 26.9 Å². The Morgan fingerprint density at radius 2 is 1.94 bits per heavy atom. The highest BCUT2D eigenvalue weighted by atomic mass is 16.7. The molecule has 0 aromatic rings. The summed E-state index contributed by atoms with van der Waals surface area (Å²) in [7, 11) is 4.12. The first-order valence-corrected chi connectivity index (χ1v) is 5.17. The van der Waals surface area contributed by atoms with Crippen molar-refractivity contribution in [1.29, 1.82) is 0 Å². The third kappa shape index (κ3) is 2.48. The van der Waals surface area contributed by atoms with Crippen LogP contribution in [0.1, 0.15) is 6.42 Å². The van der Waals surface area contributed by atoms with E-state index in [1.807, 2.05) is 0 Å². The van der Waals surface area contributed by atoms with E-state index in [2.05, 4.69) is 6.58 Å². The molecule has 6 heteroatoms. The van der Waals surface area contributed by atoms with Crippen molar-refractivity contribution in [2.24, 2.45) is 5.41 Å². The molecule has 0 bridgehead atoms. The van der Waals surface area contributed by atoms with Gasteiger partial charge in [0.25, 0.3) is 0 Å². The van der Waals surface area contributed by atoms with Gasteiger partial charge in [0, 0.05) is 13.5 Å². The normalized spacial score (nSPS) is 23.8. The molecule has 0 aliphatic carbocycles. The fraction of sp³-hybridized carbons (Fsp3) is 0.636. The molecule has 0 N–H and O–H groups in total. The molecule has 1 rings (SSSR count). The molecular formula is C11H17NO5. The van der Waals surface area contributed by atoms with Gasteiger partial charge in [-0.2, -0.15) is 5.06 Å². The minimum atomic E-state index is -1.35. The summed E-state index contributed by atoms with van der Waals surface area (Å²) in [6.07, 6.45) is 1.28. The van der Waals surface area contributed by atoms with Crippen LogP contribution in [0.4, 0.5) is 0 Å². The summed E-state index contributed by atoms with van der Waals surface area (Å²) in [4.78, 5) is 29.1. The van der Waals surface area contributed by atoms with Gasteiger partial charge < -0.3 is 9.47 Å². The van der Waals surface area contributed by atoms with Crippen molar-refractivity contribution in [3.63, 3.8) is 0 Å². The van der Waals surface area contributed by atoms with Crippen molar-refractivity contribution in [2.45, 2.75) is 12.5 Å². The molecule has 6 nitrogen and oxygen atoms in total. The van der Waals surface area contributed by atoms with E-state index in [1.54, 1.807) is 7.05 Å². The summed E-state index contributed by atoms with van der Waals surface area (Å²) in [6, 6.07) is 0. The molecule has 0 aromatic heterocycles. The molecule has 1 heterocycles. The van der Waals surface area contributed by atoms with Crippen molar-refractivity contribution in [3.05, 3.63) is 12.7 Å². The minimum Gasteiger partial charge on any atom is -0.468 e. The maximum atomic E-state index is 11.9. The summed E-state index contributed by atoms with van der Waals surface area (Å²) >= 11 is 0. The summed E-state index contributed by atoms with van der Waals surface area (Å²) in [5.41, 5.74) is -1.35. The highest BCUT2D eigenvalue weighted by Crippen LogP contribution is 2.34. The van der Waals surface area contributed by atoms with Gasteiger partial charge in [0.2, 0.25) is 0 Å². The highest BCUT2D eigenvalue weighted by Gasteiger charge is 2.53. The van der Waals surface area contributed by atoms with Gasteiger partial charge in [-0.1, -0.05) is 6.08 Å². The molecule has 0 saturated carbocycles. The first-order valence-electron chi connectivity index (χ1n) is 5.17. The standard InChI is InChI=1S/C11H17NO5/c1-5-8-6-11(9(13)15-3,10(14)16-4)7-12(2)17-8/h5,8H,1,6-7H2,2-4H3. The molecule has 1 atom stereocenters. The van der Waals surface area contributed by atoms with E-state index >= 15 is 0 Å². The van der Waals surface area contributed by atoms with Crippen LogP contribution in [0.25, 0.3) is 0 Å². The number of hydrogen-bond acceptors (Lipinski definition) is 6. The Hall–Kier alpha value is -1.40. The van der Waals surface area contributed by atoms with Gasteiger partial charge in [-0.15, -0.1) is 6.58 Å². The molecule has 96 valence electrons. The third-order valence-corrected chi connectivity index (χ3v) is 2.77. The minimum absolute atomic E-state index is 0.0939. The monoisotopic (exact) mass is 243 g/mol. The van der Waals surface area contributed by atoms with Crippen LogP contribution in [-0.2, 0) is 23.9 Å². The SMILES string of the molecule is C=CC1CC(C(=O)OC)(C(=O)OC)CN(C)O1. The summed E-state index contributed by atoms with van der Waals surface area (Å²) in [6.45, 7) is 3.69. The number of carbonyl (C=O) groups is 2. The highest BCUT2D eigenvalue weighted by molar-refractivity contribution is 6.00. The van der Waals surface area contributed by atoms with Crippen LogP contribution in [-0.4, -0.2) is 50.9 Å². The van der Waals surface area contributed by atoms with Crippen LogP contribution in [0, 0.1) is 5.41 Å². The number of carbonyl (C=O) groups excluding carboxylic acids is 2. The topological polar surface area (TPSA) is 65.1 Å². The van der Waals surface area contributed by atoms with Gasteiger partial charge in [0.15, 0.2) is 5.41 Å². The molecule has 1 fully saturated rings. The van der Waals surface area contributed by atoms with Crippen LogP contribution >= 0.6 is 0 Å². The Bertz CT molecular complexity index is 312. The maximum absolute atomic E-state index is 11.9. The fourth-order valence-corrected chi connectivity index (χ4v) is 1.99. The van der Waals surface area contributed by atoms with Crippen LogP contribution in [0.2, 0.25) is 0 Å². The molecule has 17 heavy (non-hydrogen) atoms. The van der Waals surface area contributed by atoms with Crippen molar-refractivity contribution >= 4 is 11.9 Å². The first kappa shape index (κ1) is 13.7. The smallest absolute Gasteiger partial charge is 0.324 e. The molecule has 0 radical (unpaired) electrons. The fourth-order valence-electron chi connectivity index (χ4n) is 1.99. The molecule has 1 aliphatic rings. The van der Waals surface area contributed by atoms with Crippen LogP contribution in [0.15, 0.2) is 12.7 Å². The zero-order chi connectivity index (χ0) is 13.1. The largest absolute Gasteiger partial charge is 0.468 e. The molecule has 0 spiro atoms. The maximum Gasteiger partial charge on any atom is 0.324 e. The lowest BCUT2D eigenvalue weighted by Gasteiger charge is -2.39. The predicted molar refractivity (Wildman–Crippen MR) is 58.8 cm³/mol. The number of rotatable bonds is 3. The van der Waals surface area contributed by atoms with Gasteiger partial charge >= 0.3 is 11.9 Å². The first-order chi connectivity index (χ1) is 8.00. The number of methoxy groups -OCH3 is 2. The van der Waals surface area contributed by atoms with Gasteiger partial charge in [0.1, 0.15) is 0 Å². The quantitative estimate of drug-likeness (QED) is 0.399. The number of hydrogen-bond donors (Lipinski definition) is 0. The molecule has 0 amide bonds. The Morgan fingerprint density at radius 1 is 1.41 bits per heavy atom. The lowest BCUT2D eigenvalue weighted by molar-refractivity contribution is -0.234. The van der Waals surface area contributed by atoms with Crippen LogP contribution in [0.5, 0.6) is 0 Å². The van der Waals surface area contributed by atoms with E-state index in [0.29, 0.717) is 0 Å². The number of hydroxylamine groups is 2. The second-order valence-electron chi connectivity index (χ2n) is 3.93. The van der Waals surface area contributed by atoms with E-state index in [9.17, 15) is 9.59 Å². The molecular weight excluding hydrogens is 226 g/mol. The summed E-state index contributed by atoms with van der Waals surface area (Å²) in [5.74, 6) is -1.24. The van der Waals surface area contributed by atoms with Crippen molar-refractivity contribution < 1.29 is 23.9 Å². The Morgan fingerprint density at radius 3 is 2.35 bits per heavy atom. The van der Waals surface area contributed by atoms with E-state index in [-0.39, 0.29) is 13.0 Å². The molecule has 1 unspecified atom stereocenters. The number of nitrogens with zero attached hydrogens (tertiary/aromatic N) is 1. The van der Waals surface area contributed by atoms with Crippen molar-refractivity contribution in [2.75, 3.05) is 27.8 Å². The van der Waals surface area contributed by atoms with E-state index in [0.717, 1.165) is 0 Å². The Balaban J connectivity index is 3.08. The second-order valence-corrected chi connectivity index (χ2v) is 3.93.